The molecule has 10 rings (SSSR count). The van der Waals surface area contributed by atoms with E-state index in [4.69, 9.17) is 0 Å². The second-order valence-electron chi connectivity index (χ2n) is 11.7. The lowest BCUT2D eigenvalue weighted by Gasteiger charge is -2.11. The van der Waals surface area contributed by atoms with E-state index in [1.165, 1.54) is 90.1 Å². The summed E-state index contributed by atoms with van der Waals surface area (Å²) < 4.78 is 7.81. The molecular weight excluding hydrogens is 583 g/mol. The van der Waals surface area contributed by atoms with E-state index >= 15 is 0 Å². The summed E-state index contributed by atoms with van der Waals surface area (Å²) in [5, 5.41) is 7.87. The molecule has 1 nitrogen and oxygen atoms in total. The molecule has 0 aliphatic heterocycles. The van der Waals surface area contributed by atoms with Crippen LogP contribution in [0.1, 0.15) is 0 Å². The van der Waals surface area contributed by atoms with Crippen LogP contribution >= 0.6 is 22.7 Å². The lowest BCUT2D eigenvalue weighted by Crippen LogP contribution is -1.94. The first kappa shape index (κ1) is 25.1. The van der Waals surface area contributed by atoms with Crippen molar-refractivity contribution in [2.75, 3.05) is 0 Å². The topological polar surface area (TPSA) is 4.93 Å². The number of aromatic nitrogens is 1. The van der Waals surface area contributed by atoms with Crippen molar-refractivity contribution in [1.82, 2.24) is 4.57 Å². The number of rotatable bonds is 3. The molecule has 0 aliphatic rings. The van der Waals surface area contributed by atoms with Crippen LogP contribution in [-0.2, 0) is 0 Å². The Morgan fingerprint density at radius 1 is 0.378 bits per heavy atom. The van der Waals surface area contributed by atoms with Crippen molar-refractivity contribution < 1.29 is 0 Å². The highest BCUT2D eigenvalue weighted by Crippen LogP contribution is 2.44. The molecule has 0 radical (unpaired) electrons. The summed E-state index contributed by atoms with van der Waals surface area (Å²) in [7, 11) is 0. The molecule has 0 bridgehead atoms. The van der Waals surface area contributed by atoms with Crippen LogP contribution in [0.4, 0.5) is 0 Å². The monoisotopic (exact) mass is 607 g/mol. The van der Waals surface area contributed by atoms with E-state index in [9.17, 15) is 0 Å². The fourth-order valence-corrected chi connectivity index (χ4v) is 9.52. The van der Waals surface area contributed by atoms with Gasteiger partial charge in [-0.05, 0) is 64.7 Å². The highest BCUT2D eigenvalue weighted by molar-refractivity contribution is 7.26. The molecule has 3 heterocycles. The first-order valence-corrected chi connectivity index (χ1v) is 16.9. The van der Waals surface area contributed by atoms with Crippen molar-refractivity contribution in [3.8, 4) is 27.9 Å². The third-order valence-electron chi connectivity index (χ3n) is 9.21. The SMILES string of the molecule is c1ccc(-c2ccc3c4cc(-c5cccc6sc7ccccc7c56)ccc4n(-c4cccc5c4sc4ccccc45)c3c2)cc1. The van der Waals surface area contributed by atoms with Crippen molar-refractivity contribution in [2.45, 2.75) is 0 Å². The van der Waals surface area contributed by atoms with Crippen LogP contribution in [0.5, 0.6) is 0 Å². The second kappa shape index (κ2) is 9.64. The highest BCUT2D eigenvalue weighted by atomic mass is 32.1. The fraction of sp³-hybridized carbons (Fsp3) is 0. The Labute approximate surface area is 267 Å². The molecule has 0 saturated carbocycles. The summed E-state index contributed by atoms with van der Waals surface area (Å²) in [6.07, 6.45) is 0. The largest absolute Gasteiger partial charge is 0.308 e. The molecule has 0 atom stereocenters. The maximum Gasteiger partial charge on any atom is 0.0640 e. The minimum Gasteiger partial charge on any atom is -0.308 e. The molecule has 0 spiro atoms. The molecule has 0 fully saturated rings. The first-order chi connectivity index (χ1) is 22.3. The number of fused-ring (bicyclic) bond motifs is 9. The number of nitrogens with zero attached hydrogens (tertiary/aromatic N) is 1. The summed E-state index contributed by atoms with van der Waals surface area (Å²) >= 11 is 3.77. The average molecular weight is 608 g/mol. The Balaban J connectivity index is 1.29. The molecule has 3 aromatic heterocycles. The molecule has 3 heteroatoms. The number of hydrogen-bond acceptors (Lipinski definition) is 2. The van der Waals surface area contributed by atoms with Gasteiger partial charge in [-0.3, -0.25) is 0 Å². The van der Waals surface area contributed by atoms with Crippen LogP contribution in [0.3, 0.4) is 0 Å². The summed E-state index contributed by atoms with van der Waals surface area (Å²) in [5.41, 5.74) is 8.69. The van der Waals surface area contributed by atoms with E-state index in [1.54, 1.807) is 0 Å². The second-order valence-corrected chi connectivity index (χ2v) is 13.8. The van der Waals surface area contributed by atoms with Crippen LogP contribution in [0, 0.1) is 0 Å². The Hall–Kier alpha value is -5.22. The predicted molar refractivity (Wildman–Crippen MR) is 197 cm³/mol. The number of hydrogen-bond donors (Lipinski definition) is 0. The van der Waals surface area contributed by atoms with Crippen molar-refractivity contribution in [2.24, 2.45) is 0 Å². The molecule has 0 amide bonds. The van der Waals surface area contributed by atoms with Gasteiger partial charge >= 0.3 is 0 Å². The standard InChI is InChI=1S/C42H25NS2/c1-2-10-26(11-3-1)27-20-22-30-34-24-28(29-14-9-19-40-41(29)33-13-5-7-18-39(33)44-40)21-23-35(34)43(37(30)25-27)36-16-8-15-32-31-12-4-6-17-38(31)45-42(32)36/h1-25H. The van der Waals surface area contributed by atoms with Gasteiger partial charge in [-0.15, -0.1) is 22.7 Å². The lowest BCUT2D eigenvalue weighted by molar-refractivity contribution is 1.20. The van der Waals surface area contributed by atoms with E-state index < -0.39 is 0 Å². The van der Waals surface area contributed by atoms with Gasteiger partial charge in [0.1, 0.15) is 0 Å². The fourth-order valence-electron chi connectivity index (χ4n) is 7.18. The van der Waals surface area contributed by atoms with Crippen molar-refractivity contribution in [3.63, 3.8) is 0 Å². The Morgan fingerprint density at radius 2 is 1.09 bits per heavy atom. The Kier molecular flexibility index (Phi) is 5.39. The minimum absolute atomic E-state index is 1.23. The Morgan fingerprint density at radius 3 is 1.98 bits per heavy atom. The van der Waals surface area contributed by atoms with Crippen molar-refractivity contribution >= 4 is 84.8 Å². The van der Waals surface area contributed by atoms with Crippen LogP contribution in [0.15, 0.2) is 152 Å². The summed E-state index contributed by atoms with van der Waals surface area (Å²) in [6.45, 7) is 0. The van der Waals surface area contributed by atoms with Gasteiger partial charge in [-0.25, -0.2) is 0 Å². The smallest absolute Gasteiger partial charge is 0.0640 e. The molecule has 45 heavy (non-hydrogen) atoms. The molecule has 10 aromatic rings. The van der Waals surface area contributed by atoms with Crippen molar-refractivity contribution in [1.29, 1.82) is 0 Å². The molecule has 0 N–H and O–H groups in total. The maximum absolute atomic E-state index is 2.50. The van der Waals surface area contributed by atoms with Crippen LogP contribution in [0.2, 0.25) is 0 Å². The van der Waals surface area contributed by atoms with E-state index in [0.717, 1.165) is 0 Å². The van der Waals surface area contributed by atoms with Crippen LogP contribution in [0.25, 0.3) is 90.1 Å². The van der Waals surface area contributed by atoms with Crippen LogP contribution in [-0.4, -0.2) is 4.57 Å². The maximum atomic E-state index is 2.50. The lowest BCUT2D eigenvalue weighted by atomic mass is 9.97. The van der Waals surface area contributed by atoms with Gasteiger partial charge in [0.15, 0.2) is 0 Å². The zero-order valence-corrected chi connectivity index (χ0v) is 25.8. The minimum atomic E-state index is 1.23. The van der Waals surface area contributed by atoms with Crippen LogP contribution < -0.4 is 0 Å². The van der Waals surface area contributed by atoms with E-state index in [2.05, 4.69) is 156 Å². The van der Waals surface area contributed by atoms with E-state index in [1.807, 2.05) is 22.7 Å². The van der Waals surface area contributed by atoms with Gasteiger partial charge in [0.05, 0.1) is 21.4 Å². The average Bonchev–Trinajstić information content (AvgIpc) is 3.77. The molecule has 210 valence electrons. The molecular formula is C42H25NS2. The van der Waals surface area contributed by atoms with Gasteiger partial charge < -0.3 is 4.57 Å². The van der Waals surface area contributed by atoms with Crippen molar-refractivity contribution in [3.05, 3.63) is 152 Å². The first-order valence-electron chi connectivity index (χ1n) is 15.3. The third kappa shape index (κ3) is 3.72. The Bertz CT molecular complexity index is 2760. The van der Waals surface area contributed by atoms with Gasteiger partial charge in [-0.2, -0.15) is 0 Å². The summed E-state index contributed by atoms with van der Waals surface area (Å²) in [5.74, 6) is 0. The summed E-state index contributed by atoms with van der Waals surface area (Å²) in [4.78, 5) is 0. The zero-order chi connectivity index (χ0) is 29.5. The quantitative estimate of drug-likeness (QED) is 0.188. The van der Waals surface area contributed by atoms with Gasteiger partial charge in [0, 0.05) is 46.4 Å². The third-order valence-corrected chi connectivity index (χ3v) is 11.6. The molecule has 0 aliphatic carbocycles. The molecule has 0 unspecified atom stereocenters. The molecule has 0 saturated heterocycles. The van der Waals surface area contributed by atoms with Gasteiger partial charge in [0.25, 0.3) is 0 Å². The summed E-state index contributed by atoms with van der Waals surface area (Å²) in [6, 6.07) is 55.9. The van der Waals surface area contributed by atoms with E-state index in [-0.39, 0.29) is 0 Å². The highest BCUT2D eigenvalue weighted by Gasteiger charge is 2.19. The van der Waals surface area contributed by atoms with E-state index in [0.29, 0.717) is 0 Å². The number of thiophene rings is 2. The predicted octanol–water partition coefficient (Wildman–Crippen LogP) is 12.9. The van der Waals surface area contributed by atoms with Gasteiger partial charge in [0.2, 0.25) is 0 Å². The number of benzene rings is 7. The normalized spacial score (nSPS) is 12.0. The zero-order valence-electron chi connectivity index (χ0n) is 24.2. The molecule has 7 aromatic carbocycles. The van der Waals surface area contributed by atoms with Gasteiger partial charge in [-0.1, -0.05) is 109 Å².